The topological polar surface area (TPSA) is 30.0 Å². The van der Waals surface area contributed by atoms with E-state index in [1.54, 1.807) is 23.6 Å². The van der Waals surface area contributed by atoms with Crippen molar-refractivity contribution < 1.29 is 9.18 Å². The van der Waals surface area contributed by atoms with Gasteiger partial charge in [0.2, 0.25) is 0 Å². The first kappa shape index (κ1) is 11.0. The van der Waals surface area contributed by atoms with Gasteiger partial charge in [-0.2, -0.15) is 0 Å². The van der Waals surface area contributed by atoms with Crippen LogP contribution in [0.3, 0.4) is 0 Å². The third-order valence-corrected chi connectivity index (χ3v) is 2.95. The average Bonchev–Trinajstić information content (AvgIpc) is 2.66. The number of carbonyl (C=O) groups excluding carboxylic acids is 1. The maximum absolute atomic E-state index is 13.4. The van der Waals surface area contributed by atoms with Gasteiger partial charge in [0.25, 0.3) is 0 Å². The van der Waals surface area contributed by atoms with Gasteiger partial charge >= 0.3 is 0 Å². The van der Waals surface area contributed by atoms with E-state index in [0.717, 1.165) is 5.01 Å². The molecule has 2 aromatic rings. The van der Waals surface area contributed by atoms with E-state index in [4.69, 9.17) is 0 Å². The summed E-state index contributed by atoms with van der Waals surface area (Å²) in [6.07, 6.45) is 0.319. The van der Waals surface area contributed by atoms with Gasteiger partial charge in [0.05, 0.1) is 12.1 Å². The monoisotopic (exact) mass is 235 g/mol. The molecule has 82 valence electrons. The fraction of sp³-hybridized carbons (Fsp3) is 0.167. The molecule has 0 bridgehead atoms. The van der Waals surface area contributed by atoms with E-state index in [9.17, 15) is 9.18 Å². The highest BCUT2D eigenvalue weighted by molar-refractivity contribution is 7.10. The Morgan fingerprint density at radius 2 is 2.19 bits per heavy atom. The van der Waals surface area contributed by atoms with Crippen molar-refractivity contribution in [3.8, 4) is 11.3 Å². The molecule has 0 atom stereocenters. The van der Waals surface area contributed by atoms with E-state index in [1.165, 1.54) is 24.3 Å². The Labute approximate surface area is 96.8 Å². The van der Waals surface area contributed by atoms with Crippen molar-refractivity contribution in [3.63, 3.8) is 0 Å². The summed E-state index contributed by atoms with van der Waals surface area (Å²) in [6.45, 7) is 1.52. The van der Waals surface area contributed by atoms with Gasteiger partial charge < -0.3 is 0 Å². The number of hydrogen-bond acceptors (Lipinski definition) is 3. The van der Waals surface area contributed by atoms with Crippen molar-refractivity contribution >= 4 is 17.1 Å². The van der Waals surface area contributed by atoms with Crippen LogP contribution in [-0.2, 0) is 11.2 Å². The standard InChI is InChI=1S/C12H10FNOS/c1-8(15)6-12-14-11(7-16-12)9-4-2-3-5-10(9)13/h2-5,7H,6H2,1H3. The average molecular weight is 235 g/mol. The van der Waals surface area contributed by atoms with Crippen molar-refractivity contribution in [1.29, 1.82) is 0 Å². The SMILES string of the molecule is CC(=O)Cc1nc(-c2ccccc2F)cs1. The van der Waals surface area contributed by atoms with E-state index in [1.807, 2.05) is 0 Å². The van der Waals surface area contributed by atoms with Gasteiger partial charge in [0, 0.05) is 10.9 Å². The van der Waals surface area contributed by atoms with Crippen molar-refractivity contribution in [2.24, 2.45) is 0 Å². The molecule has 0 spiro atoms. The Bertz CT molecular complexity index is 521. The molecule has 1 heterocycles. The Hall–Kier alpha value is -1.55. The third-order valence-electron chi connectivity index (χ3n) is 2.10. The van der Waals surface area contributed by atoms with Crippen molar-refractivity contribution in [1.82, 2.24) is 4.98 Å². The maximum Gasteiger partial charge on any atom is 0.136 e. The molecule has 0 unspecified atom stereocenters. The van der Waals surface area contributed by atoms with Crippen LogP contribution in [-0.4, -0.2) is 10.8 Å². The lowest BCUT2D eigenvalue weighted by molar-refractivity contribution is -0.116. The second-order valence-electron chi connectivity index (χ2n) is 3.49. The highest BCUT2D eigenvalue weighted by Crippen LogP contribution is 2.24. The van der Waals surface area contributed by atoms with Crippen LogP contribution in [0.15, 0.2) is 29.6 Å². The van der Waals surface area contributed by atoms with Crippen LogP contribution in [0.1, 0.15) is 11.9 Å². The molecule has 0 saturated carbocycles. The van der Waals surface area contributed by atoms with Crippen LogP contribution < -0.4 is 0 Å². The second-order valence-corrected chi connectivity index (χ2v) is 4.43. The zero-order valence-corrected chi connectivity index (χ0v) is 9.55. The number of hydrogen-bond donors (Lipinski definition) is 0. The molecular weight excluding hydrogens is 225 g/mol. The van der Waals surface area contributed by atoms with Crippen LogP contribution >= 0.6 is 11.3 Å². The predicted octanol–water partition coefficient (Wildman–Crippen LogP) is 3.08. The summed E-state index contributed by atoms with van der Waals surface area (Å²) in [7, 11) is 0. The van der Waals surface area contributed by atoms with Crippen LogP contribution in [0.25, 0.3) is 11.3 Å². The van der Waals surface area contributed by atoms with E-state index in [2.05, 4.69) is 4.98 Å². The maximum atomic E-state index is 13.4. The Morgan fingerprint density at radius 3 is 2.88 bits per heavy atom. The minimum atomic E-state index is -0.290. The molecule has 0 amide bonds. The summed E-state index contributed by atoms with van der Waals surface area (Å²) in [5, 5.41) is 2.50. The molecule has 2 nitrogen and oxygen atoms in total. The summed E-state index contributed by atoms with van der Waals surface area (Å²) >= 11 is 1.38. The number of halogens is 1. The second kappa shape index (κ2) is 4.53. The number of aromatic nitrogens is 1. The van der Waals surface area contributed by atoms with Gasteiger partial charge in [0.1, 0.15) is 16.6 Å². The minimum absolute atomic E-state index is 0.0643. The normalized spacial score (nSPS) is 10.4. The zero-order chi connectivity index (χ0) is 11.5. The van der Waals surface area contributed by atoms with Crippen LogP contribution in [0, 0.1) is 5.82 Å². The lowest BCUT2D eigenvalue weighted by Gasteiger charge is -1.97. The number of rotatable bonds is 3. The minimum Gasteiger partial charge on any atom is -0.300 e. The molecule has 0 aliphatic heterocycles. The summed E-state index contributed by atoms with van der Waals surface area (Å²) in [4.78, 5) is 15.2. The van der Waals surface area contributed by atoms with E-state index in [0.29, 0.717) is 17.7 Å². The first-order valence-corrected chi connectivity index (χ1v) is 5.73. The molecule has 1 aromatic heterocycles. The number of nitrogens with zero attached hydrogens (tertiary/aromatic N) is 1. The van der Waals surface area contributed by atoms with Crippen molar-refractivity contribution in [2.45, 2.75) is 13.3 Å². The lowest BCUT2D eigenvalue weighted by Crippen LogP contribution is -1.95. The molecule has 0 saturated heterocycles. The van der Waals surface area contributed by atoms with E-state index >= 15 is 0 Å². The lowest BCUT2D eigenvalue weighted by atomic mass is 10.1. The van der Waals surface area contributed by atoms with Crippen LogP contribution in [0.2, 0.25) is 0 Å². The van der Waals surface area contributed by atoms with Crippen LogP contribution in [0.4, 0.5) is 4.39 Å². The van der Waals surface area contributed by atoms with Gasteiger partial charge in [-0.1, -0.05) is 12.1 Å². The largest absolute Gasteiger partial charge is 0.300 e. The number of carbonyl (C=O) groups is 1. The number of Topliss-reactive ketones (excluding diaryl/α,β-unsaturated/α-hetero) is 1. The number of ketones is 1. The molecule has 0 aliphatic rings. The van der Waals surface area contributed by atoms with Gasteiger partial charge in [-0.15, -0.1) is 11.3 Å². The first-order chi connectivity index (χ1) is 7.66. The molecular formula is C12H10FNOS. The summed E-state index contributed by atoms with van der Waals surface area (Å²) in [6, 6.07) is 6.49. The summed E-state index contributed by atoms with van der Waals surface area (Å²) < 4.78 is 13.4. The molecule has 0 radical (unpaired) electrons. The van der Waals surface area contributed by atoms with Crippen molar-refractivity contribution in [2.75, 3.05) is 0 Å². The fourth-order valence-electron chi connectivity index (χ4n) is 1.40. The van der Waals surface area contributed by atoms with E-state index < -0.39 is 0 Å². The summed E-state index contributed by atoms with van der Waals surface area (Å²) in [5.41, 5.74) is 1.08. The van der Waals surface area contributed by atoms with Gasteiger partial charge in [-0.05, 0) is 19.1 Å². The highest BCUT2D eigenvalue weighted by Gasteiger charge is 2.09. The molecule has 16 heavy (non-hydrogen) atoms. The van der Waals surface area contributed by atoms with E-state index in [-0.39, 0.29) is 11.6 Å². The molecule has 0 N–H and O–H groups in total. The quantitative estimate of drug-likeness (QED) is 0.818. The Balaban J connectivity index is 2.32. The highest BCUT2D eigenvalue weighted by atomic mass is 32.1. The predicted molar refractivity (Wildman–Crippen MR) is 61.9 cm³/mol. The zero-order valence-electron chi connectivity index (χ0n) is 8.74. The Morgan fingerprint density at radius 1 is 1.44 bits per heavy atom. The fourth-order valence-corrected chi connectivity index (χ4v) is 2.26. The third kappa shape index (κ3) is 2.33. The first-order valence-electron chi connectivity index (χ1n) is 4.85. The molecule has 0 fully saturated rings. The van der Waals surface area contributed by atoms with Gasteiger partial charge in [-0.25, -0.2) is 9.37 Å². The molecule has 4 heteroatoms. The molecule has 2 rings (SSSR count). The Kier molecular flexibility index (Phi) is 3.10. The smallest absolute Gasteiger partial charge is 0.136 e. The van der Waals surface area contributed by atoms with Crippen LogP contribution in [0.5, 0.6) is 0 Å². The van der Waals surface area contributed by atoms with Gasteiger partial charge in [-0.3, -0.25) is 4.79 Å². The van der Waals surface area contributed by atoms with Gasteiger partial charge in [0.15, 0.2) is 0 Å². The van der Waals surface area contributed by atoms with Crippen molar-refractivity contribution in [3.05, 3.63) is 40.5 Å². The number of thiazole rings is 1. The molecule has 1 aromatic carbocycles. The number of benzene rings is 1. The molecule has 0 aliphatic carbocycles. The summed E-state index contributed by atoms with van der Waals surface area (Å²) in [5.74, 6) is -0.225.